The maximum absolute atomic E-state index is 4.48. The molecule has 1 nitrogen and oxygen atoms in total. The summed E-state index contributed by atoms with van der Waals surface area (Å²) in [6.45, 7) is 4.40. The summed E-state index contributed by atoms with van der Waals surface area (Å²) in [4.78, 5) is 4.48. The van der Waals surface area contributed by atoms with Crippen molar-refractivity contribution >= 4 is 11.8 Å². The van der Waals surface area contributed by atoms with Crippen molar-refractivity contribution in [2.45, 2.75) is 31.9 Å². The summed E-state index contributed by atoms with van der Waals surface area (Å²) < 4.78 is 0. The molecular formula is C11H15NS. The summed E-state index contributed by atoms with van der Waals surface area (Å²) in [6.07, 6.45) is 3.27. The highest BCUT2D eigenvalue weighted by Crippen LogP contribution is 2.25. The lowest BCUT2D eigenvalue weighted by Crippen LogP contribution is -2.05. The minimum atomic E-state index is 0.553. The van der Waals surface area contributed by atoms with Crippen LogP contribution in [0.2, 0.25) is 0 Å². The van der Waals surface area contributed by atoms with Gasteiger partial charge in [-0.25, -0.2) is 0 Å². The van der Waals surface area contributed by atoms with Crippen molar-refractivity contribution in [1.29, 1.82) is 0 Å². The van der Waals surface area contributed by atoms with E-state index in [0.29, 0.717) is 5.92 Å². The van der Waals surface area contributed by atoms with Crippen molar-refractivity contribution in [3.8, 4) is 0 Å². The Hall–Kier alpha value is -0.500. The number of pyridine rings is 1. The van der Waals surface area contributed by atoms with Gasteiger partial charge >= 0.3 is 0 Å². The molecule has 0 N–H and O–H groups in total. The first-order valence-electron chi connectivity index (χ1n) is 4.83. The molecule has 0 bridgehead atoms. The number of fused-ring (bicyclic) bond motifs is 1. The van der Waals surface area contributed by atoms with E-state index in [2.05, 4.69) is 31.1 Å². The van der Waals surface area contributed by atoms with Crippen LogP contribution in [0.5, 0.6) is 0 Å². The van der Waals surface area contributed by atoms with E-state index in [0.717, 1.165) is 0 Å². The number of aryl methyl sites for hydroxylation is 1. The van der Waals surface area contributed by atoms with Gasteiger partial charge in [0, 0.05) is 17.6 Å². The average Bonchev–Trinajstić information content (AvgIpc) is 2.17. The highest BCUT2D eigenvalue weighted by Gasteiger charge is 2.11. The van der Waals surface area contributed by atoms with E-state index in [4.69, 9.17) is 0 Å². The Bertz CT molecular complexity index is 307. The fourth-order valence-electron chi connectivity index (χ4n) is 1.58. The Kier molecular flexibility index (Phi) is 2.58. The van der Waals surface area contributed by atoms with Crippen LogP contribution in [-0.2, 0) is 12.2 Å². The molecule has 1 aromatic rings. The van der Waals surface area contributed by atoms with E-state index < -0.39 is 0 Å². The quantitative estimate of drug-likeness (QED) is 0.680. The molecule has 1 aliphatic heterocycles. The number of thioether (sulfide) groups is 1. The molecule has 0 unspecified atom stereocenters. The van der Waals surface area contributed by atoms with Gasteiger partial charge in [0.2, 0.25) is 0 Å². The molecule has 70 valence electrons. The van der Waals surface area contributed by atoms with Crippen molar-refractivity contribution in [3.63, 3.8) is 0 Å². The predicted molar refractivity (Wildman–Crippen MR) is 58.2 cm³/mol. The second-order valence-electron chi connectivity index (χ2n) is 3.84. The molecule has 0 aliphatic carbocycles. The van der Waals surface area contributed by atoms with E-state index in [1.807, 2.05) is 11.8 Å². The zero-order valence-electron chi connectivity index (χ0n) is 8.21. The highest BCUT2D eigenvalue weighted by atomic mass is 32.2. The van der Waals surface area contributed by atoms with Crippen LogP contribution in [0.25, 0.3) is 0 Å². The van der Waals surface area contributed by atoms with Crippen molar-refractivity contribution in [1.82, 2.24) is 4.98 Å². The lowest BCUT2D eigenvalue weighted by molar-refractivity contribution is 0.814. The number of hydrogen-bond acceptors (Lipinski definition) is 2. The van der Waals surface area contributed by atoms with Gasteiger partial charge in [-0.15, -0.1) is 0 Å². The van der Waals surface area contributed by atoms with E-state index in [1.165, 1.54) is 34.7 Å². The van der Waals surface area contributed by atoms with E-state index in [9.17, 15) is 0 Å². The molecule has 0 radical (unpaired) electrons. The third-order valence-electron chi connectivity index (χ3n) is 2.47. The maximum Gasteiger partial charge on any atom is 0.0432 e. The summed E-state index contributed by atoms with van der Waals surface area (Å²) in [5.74, 6) is 2.99. The third-order valence-corrected chi connectivity index (χ3v) is 3.48. The molecular weight excluding hydrogens is 178 g/mol. The number of aromatic nitrogens is 1. The molecule has 2 heteroatoms. The Morgan fingerprint density at radius 1 is 1.38 bits per heavy atom. The van der Waals surface area contributed by atoms with E-state index >= 15 is 0 Å². The van der Waals surface area contributed by atoms with E-state index in [-0.39, 0.29) is 0 Å². The van der Waals surface area contributed by atoms with Gasteiger partial charge in [-0.2, -0.15) is 11.8 Å². The summed E-state index contributed by atoms with van der Waals surface area (Å²) in [7, 11) is 0. The van der Waals surface area contributed by atoms with Gasteiger partial charge in [0.1, 0.15) is 0 Å². The molecule has 0 fully saturated rings. The van der Waals surface area contributed by atoms with E-state index in [1.54, 1.807) is 0 Å². The standard InChI is InChI=1S/C11H15NS/c1-8(2)11-5-10-7-13-4-3-9(10)6-12-11/h5-6,8H,3-4,7H2,1-2H3. The van der Waals surface area contributed by atoms with Gasteiger partial charge in [0.15, 0.2) is 0 Å². The first-order chi connectivity index (χ1) is 6.27. The van der Waals surface area contributed by atoms with Gasteiger partial charge in [0.05, 0.1) is 0 Å². The van der Waals surface area contributed by atoms with Crippen LogP contribution in [-0.4, -0.2) is 10.7 Å². The summed E-state index contributed by atoms with van der Waals surface area (Å²) in [6, 6.07) is 2.28. The molecule has 13 heavy (non-hydrogen) atoms. The molecule has 2 rings (SSSR count). The average molecular weight is 193 g/mol. The monoisotopic (exact) mass is 193 g/mol. The largest absolute Gasteiger partial charge is 0.261 e. The molecule has 0 saturated carbocycles. The van der Waals surface area contributed by atoms with Gasteiger partial charge in [-0.1, -0.05) is 13.8 Å². The fraction of sp³-hybridized carbons (Fsp3) is 0.545. The third kappa shape index (κ3) is 1.88. The van der Waals surface area contributed by atoms with Crippen LogP contribution in [0.3, 0.4) is 0 Å². The van der Waals surface area contributed by atoms with Crippen LogP contribution in [0.4, 0.5) is 0 Å². The second kappa shape index (κ2) is 3.70. The molecule has 1 aromatic heterocycles. The van der Waals surface area contributed by atoms with Gasteiger partial charge in [-0.3, -0.25) is 4.98 Å². The number of nitrogens with zero attached hydrogens (tertiary/aromatic N) is 1. The van der Waals surface area contributed by atoms with Gasteiger partial charge in [0.25, 0.3) is 0 Å². The van der Waals surface area contributed by atoms with Crippen molar-refractivity contribution in [2.24, 2.45) is 0 Å². The van der Waals surface area contributed by atoms with Crippen LogP contribution in [0.1, 0.15) is 36.6 Å². The zero-order valence-corrected chi connectivity index (χ0v) is 9.03. The summed E-state index contributed by atoms with van der Waals surface area (Å²) in [5, 5.41) is 0. The number of hydrogen-bond donors (Lipinski definition) is 0. The summed E-state index contributed by atoms with van der Waals surface area (Å²) >= 11 is 2.03. The molecule has 0 spiro atoms. The van der Waals surface area contributed by atoms with Gasteiger partial charge in [-0.05, 0) is 35.3 Å². The SMILES string of the molecule is CC(C)c1cc2c(cn1)CCSC2. The highest BCUT2D eigenvalue weighted by molar-refractivity contribution is 7.98. The number of rotatable bonds is 1. The molecule has 0 saturated heterocycles. The Morgan fingerprint density at radius 2 is 2.23 bits per heavy atom. The molecule has 0 amide bonds. The first-order valence-corrected chi connectivity index (χ1v) is 5.98. The first kappa shape index (κ1) is 9.07. The normalized spacial score (nSPS) is 15.9. The second-order valence-corrected chi connectivity index (χ2v) is 4.94. The minimum Gasteiger partial charge on any atom is -0.261 e. The smallest absolute Gasteiger partial charge is 0.0432 e. The van der Waals surface area contributed by atoms with Crippen molar-refractivity contribution in [3.05, 3.63) is 29.1 Å². The molecule has 2 heterocycles. The molecule has 0 aromatic carbocycles. The van der Waals surface area contributed by atoms with Crippen LogP contribution in [0.15, 0.2) is 12.3 Å². The van der Waals surface area contributed by atoms with Crippen LogP contribution < -0.4 is 0 Å². The topological polar surface area (TPSA) is 12.9 Å². The van der Waals surface area contributed by atoms with Crippen molar-refractivity contribution < 1.29 is 0 Å². The minimum absolute atomic E-state index is 0.553. The Labute approximate surface area is 84.0 Å². The summed E-state index contributed by atoms with van der Waals surface area (Å²) in [5.41, 5.74) is 4.21. The Balaban J connectivity index is 2.35. The molecule has 1 aliphatic rings. The Morgan fingerprint density at radius 3 is 3.00 bits per heavy atom. The van der Waals surface area contributed by atoms with Crippen LogP contribution >= 0.6 is 11.8 Å². The maximum atomic E-state index is 4.48. The lowest BCUT2D eigenvalue weighted by atomic mass is 10.0. The zero-order chi connectivity index (χ0) is 9.26. The van der Waals surface area contributed by atoms with Gasteiger partial charge < -0.3 is 0 Å². The fourth-order valence-corrected chi connectivity index (χ4v) is 2.58. The molecule has 0 atom stereocenters. The lowest BCUT2D eigenvalue weighted by Gasteiger charge is -2.16. The predicted octanol–water partition coefficient (Wildman–Crippen LogP) is 2.99. The van der Waals surface area contributed by atoms with Crippen molar-refractivity contribution in [2.75, 3.05) is 5.75 Å². The van der Waals surface area contributed by atoms with Crippen LogP contribution in [0, 0.1) is 0 Å².